The number of alkyl halides is 8. The van der Waals surface area contributed by atoms with Crippen LogP contribution >= 0.6 is 15.9 Å². The van der Waals surface area contributed by atoms with Crippen molar-refractivity contribution in [2.75, 3.05) is 6.61 Å². The Labute approximate surface area is 173 Å². The molecule has 0 aliphatic carbocycles. The number of hydrogen-bond donors (Lipinski definition) is 1. The largest absolute Gasteiger partial charge is 0.507 e. The van der Waals surface area contributed by atoms with Gasteiger partial charge in [-0.15, -0.1) is 0 Å². The Morgan fingerprint density at radius 3 is 2.30 bits per heavy atom. The fourth-order valence-corrected chi connectivity index (χ4v) is 2.47. The molecule has 0 amide bonds. The van der Waals surface area contributed by atoms with Crippen molar-refractivity contribution in [3.05, 3.63) is 52.5 Å². The maximum absolute atomic E-state index is 13.7. The van der Waals surface area contributed by atoms with Gasteiger partial charge in [0.05, 0.1) is 0 Å². The molecule has 0 heterocycles. The van der Waals surface area contributed by atoms with E-state index in [1.165, 1.54) is 36.4 Å². The molecule has 164 valence electrons. The van der Waals surface area contributed by atoms with Gasteiger partial charge in [0.25, 0.3) is 0 Å². The molecule has 0 aromatic heterocycles. The van der Waals surface area contributed by atoms with Gasteiger partial charge in [-0.2, -0.15) is 26.3 Å². The van der Waals surface area contributed by atoms with Crippen LogP contribution in [0.25, 0.3) is 0 Å². The highest BCUT2D eigenvalue weighted by Gasteiger charge is 2.75. The van der Waals surface area contributed by atoms with Crippen LogP contribution in [0.3, 0.4) is 0 Å². The van der Waals surface area contributed by atoms with E-state index in [1.54, 1.807) is 0 Å². The molecule has 0 atom stereocenters. The number of benzene rings is 2. The molecule has 0 fully saturated rings. The monoisotopic (exact) mass is 505 g/mol. The second kappa shape index (κ2) is 8.78. The summed E-state index contributed by atoms with van der Waals surface area (Å²) in [4.78, 5) is 3.89. The Balaban J connectivity index is 2.24. The number of nitrogens with zero attached hydrogens (tertiary/aromatic N) is 1. The summed E-state index contributed by atoms with van der Waals surface area (Å²) in [6.07, 6.45) is -3.90. The number of aliphatic imine (C=N–C) groups is 1. The average molecular weight is 506 g/mol. The lowest BCUT2D eigenvalue weighted by molar-refractivity contribution is -0.342. The Morgan fingerprint density at radius 1 is 1.03 bits per heavy atom. The van der Waals surface area contributed by atoms with Gasteiger partial charge >= 0.3 is 24.2 Å². The first-order valence-corrected chi connectivity index (χ1v) is 8.75. The number of ether oxygens (including phenoxy) is 1. The maximum atomic E-state index is 13.7. The van der Waals surface area contributed by atoms with Gasteiger partial charge in [-0.05, 0) is 30.3 Å². The second-order valence-corrected chi connectivity index (χ2v) is 6.84. The molecule has 2 rings (SSSR count). The normalized spacial score (nSPS) is 13.3. The zero-order valence-corrected chi connectivity index (χ0v) is 16.2. The molecular weight excluding hydrogens is 494 g/mol. The SMILES string of the molecule is Oc1ccc(Br)cc1C=Nc1ccccc1OCC(F)(F)C(F)(F)C(F)(F)C(F)F. The van der Waals surface area contributed by atoms with Gasteiger partial charge in [0.1, 0.15) is 17.2 Å². The van der Waals surface area contributed by atoms with Crippen molar-refractivity contribution >= 4 is 27.8 Å². The fraction of sp³-hybridized carbons (Fsp3) is 0.278. The van der Waals surface area contributed by atoms with E-state index < -0.39 is 36.5 Å². The van der Waals surface area contributed by atoms with Crippen LogP contribution in [-0.4, -0.2) is 42.1 Å². The van der Waals surface area contributed by atoms with E-state index in [0.29, 0.717) is 4.47 Å². The maximum Gasteiger partial charge on any atom is 0.381 e. The van der Waals surface area contributed by atoms with Crippen molar-refractivity contribution in [1.82, 2.24) is 0 Å². The van der Waals surface area contributed by atoms with E-state index >= 15 is 0 Å². The minimum absolute atomic E-state index is 0.170. The number of aromatic hydroxyl groups is 1. The van der Waals surface area contributed by atoms with E-state index in [4.69, 9.17) is 0 Å². The first-order chi connectivity index (χ1) is 13.8. The Hall–Kier alpha value is -2.37. The van der Waals surface area contributed by atoms with Gasteiger partial charge in [-0.3, -0.25) is 4.99 Å². The third kappa shape index (κ3) is 4.85. The van der Waals surface area contributed by atoms with E-state index in [2.05, 4.69) is 25.7 Å². The van der Waals surface area contributed by atoms with E-state index in [9.17, 15) is 40.2 Å². The summed E-state index contributed by atoms with van der Waals surface area (Å²) >= 11 is 3.16. The number of hydrogen-bond acceptors (Lipinski definition) is 3. The summed E-state index contributed by atoms with van der Waals surface area (Å²) in [5.74, 6) is -18.9. The summed E-state index contributed by atoms with van der Waals surface area (Å²) < 4.78 is 109. The molecule has 0 aliphatic rings. The highest BCUT2D eigenvalue weighted by Crippen LogP contribution is 2.48. The molecular formula is C18H12BrF8NO2. The fourth-order valence-electron chi connectivity index (χ4n) is 2.09. The number of phenols is 1. The summed E-state index contributed by atoms with van der Waals surface area (Å²) in [6, 6.07) is 9.23. The molecule has 0 aliphatic heterocycles. The topological polar surface area (TPSA) is 41.8 Å². The van der Waals surface area contributed by atoms with Crippen molar-refractivity contribution in [3.8, 4) is 11.5 Å². The molecule has 12 heteroatoms. The number of rotatable bonds is 8. The zero-order valence-electron chi connectivity index (χ0n) is 14.6. The van der Waals surface area contributed by atoms with Crippen molar-refractivity contribution in [2.24, 2.45) is 4.99 Å². The van der Waals surface area contributed by atoms with Crippen molar-refractivity contribution < 1.29 is 45.0 Å². The van der Waals surface area contributed by atoms with E-state index in [-0.39, 0.29) is 17.0 Å². The highest BCUT2D eigenvalue weighted by molar-refractivity contribution is 9.10. The molecule has 0 spiro atoms. The van der Waals surface area contributed by atoms with Gasteiger partial charge in [0, 0.05) is 16.3 Å². The van der Waals surface area contributed by atoms with Gasteiger partial charge in [-0.25, -0.2) is 8.78 Å². The van der Waals surface area contributed by atoms with Crippen LogP contribution in [0.1, 0.15) is 5.56 Å². The molecule has 0 saturated heterocycles. The summed E-state index contributed by atoms with van der Waals surface area (Å²) in [7, 11) is 0. The lowest BCUT2D eigenvalue weighted by Gasteiger charge is -2.32. The van der Waals surface area contributed by atoms with Gasteiger partial charge < -0.3 is 9.84 Å². The van der Waals surface area contributed by atoms with E-state index in [1.807, 2.05) is 0 Å². The third-order valence-electron chi connectivity index (χ3n) is 3.76. The minimum atomic E-state index is -6.37. The number of phenolic OH excluding ortho intramolecular Hbond substituents is 1. The summed E-state index contributed by atoms with van der Waals surface area (Å²) in [5.41, 5.74) is 0.0317. The molecule has 0 saturated carbocycles. The van der Waals surface area contributed by atoms with Gasteiger partial charge in [-0.1, -0.05) is 28.1 Å². The van der Waals surface area contributed by atoms with Crippen LogP contribution in [-0.2, 0) is 0 Å². The quantitative estimate of drug-likeness (QED) is 0.330. The average Bonchev–Trinajstić information content (AvgIpc) is 2.67. The number of halogens is 9. The Bertz CT molecular complexity index is 921. The number of para-hydroxylation sites is 2. The predicted molar refractivity (Wildman–Crippen MR) is 95.8 cm³/mol. The minimum Gasteiger partial charge on any atom is -0.507 e. The highest BCUT2D eigenvalue weighted by atomic mass is 79.9. The standard InChI is InChI=1S/C18H12BrF8NO2/c19-11-5-6-13(29)10(7-11)8-28-12-3-1-2-4-14(12)30-9-16(22,23)18(26,27)17(24,25)15(20)21/h1-8,15,29H,9H2. The van der Waals surface area contributed by atoms with Crippen LogP contribution in [0.15, 0.2) is 51.9 Å². The van der Waals surface area contributed by atoms with Crippen molar-refractivity contribution in [3.63, 3.8) is 0 Å². The molecule has 3 nitrogen and oxygen atoms in total. The van der Waals surface area contributed by atoms with Crippen molar-refractivity contribution in [2.45, 2.75) is 24.2 Å². The smallest absolute Gasteiger partial charge is 0.381 e. The molecule has 0 bridgehead atoms. The molecule has 0 unspecified atom stereocenters. The molecule has 2 aromatic carbocycles. The summed E-state index contributed by atoms with van der Waals surface area (Å²) in [6.45, 7) is -2.31. The molecule has 2 aromatic rings. The van der Waals surface area contributed by atoms with Crippen LogP contribution in [0.5, 0.6) is 11.5 Å². The first-order valence-electron chi connectivity index (χ1n) is 7.95. The van der Waals surface area contributed by atoms with Crippen LogP contribution in [0, 0.1) is 0 Å². The molecule has 1 N–H and O–H groups in total. The Kier molecular flexibility index (Phi) is 7.00. The Morgan fingerprint density at radius 2 is 1.67 bits per heavy atom. The van der Waals surface area contributed by atoms with Crippen LogP contribution in [0.4, 0.5) is 40.8 Å². The van der Waals surface area contributed by atoms with Crippen LogP contribution < -0.4 is 4.74 Å². The molecule has 0 radical (unpaired) electrons. The van der Waals surface area contributed by atoms with Gasteiger partial charge in [0.15, 0.2) is 6.61 Å². The second-order valence-electron chi connectivity index (χ2n) is 5.92. The van der Waals surface area contributed by atoms with E-state index in [0.717, 1.165) is 12.3 Å². The van der Waals surface area contributed by atoms with Gasteiger partial charge in [0.2, 0.25) is 0 Å². The zero-order chi connectivity index (χ0) is 22.7. The van der Waals surface area contributed by atoms with Crippen molar-refractivity contribution in [1.29, 1.82) is 0 Å². The lowest BCUT2D eigenvalue weighted by atomic mass is 10.1. The van der Waals surface area contributed by atoms with Crippen LogP contribution in [0.2, 0.25) is 0 Å². The first kappa shape index (κ1) is 23.9. The predicted octanol–water partition coefficient (Wildman–Crippen LogP) is 6.46. The third-order valence-corrected chi connectivity index (χ3v) is 4.25. The summed E-state index contributed by atoms with van der Waals surface area (Å²) in [5, 5.41) is 9.74. The lowest BCUT2D eigenvalue weighted by Crippen LogP contribution is -2.59. The molecule has 30 heavy (non-hydrogen) atoms.